The Bertz CT molecular complexity index is 953. The number of nitrogens with zero attached hydrogens (tertiary/aromatic N) is 5. The number of carbonyl (C=O) groups is 1. The Labute approximate surface area is 162 Å². The van der Waals surface area contributed by atoms with Crippen molar-refractivity contribution in [2.75, 3.05) is 51.5 Å². The minimum Gasteiger partial charge on any atom is -0.383 e. The Hall–Kier alpha value is -3.04. The fraction of sp³-hybridized carbons (Fsp3) is 0.368. The fourth-order valence-electron chi connectivity index (χ4n) is 3.09. The van der Waals surface area contributed by atoms with E-state index in [-0.39, 0.29) is 5.91 Å². The number of carbonyl (C=O) groups excluding carboxylic acids is 1. The minimum atomic E-state index is -0.239. The van der Waals surface area contributed by atoms with Crippen LogP contribution in [0.2, 0.25) is 0 Å². The second kappa shape index (κ2) is 8.32. The van der Waals surface area contributed by atoms with E-state index in [1.54, 1.807) is 25.7 Å². The zero-order valence-corrected chi connectivity index (χ0v) is 15.7. The molecule has 3 aromatic rings. The summed E-state index contributed by atoms with van der Waals surface area (Å²) in [5, 5.41) is 2.80. The van der Waals surface area contributed by atoms with Gasteiger partial charge in [0.2, 0.25) is 0 Å². The summed E-state index contributed by atoms with van der Waals surface area (Å²) in [6, 6.07) is 3.83. The highest BCUT2D eigenvalue weighted by Crippen LogP contribution is 2.25. The number of hydrogen-bond acceptors (Lipinski definition) is 7. The number of anilines is 1. The molecule has 1 amide bonds. The second-order valence-electron chi connectivity index (χ2n) is 6.40. The molecule has 28 heavy (non-hydrogen) atoms. The van der Waals surface area contributed by atoms with Crippen molar-refractivity contribution >= 4 is 17.4 Å². The Balaban J connectivity index is 1.75. The maximum Gasteiger partial charge on any atom is 0.271 e. The fourth-order valence-corrected chi connectivity index (χ4v) is 3.09. The molecule has 9 heteroatoms. The third kappa shape index (κ3) is 3.80. The molecule has 1 aliphatic heterocycles. The normalized spacial score (nSPS) is 14.4. The van der Waals surface area contributed by atoms with E-state index in [0.717, 1.165) is 30.2 Å². The van der Waals surface area contributed by atoms with Crippen LogP contribution in [0.4, 0.5) is 5.82 Å². The molecule has 0 atom stereocenters. The van der Waals surface area contributed by atoms with Crippen molar-refractivity contribution in [3.63, 3.8) is 0 Å². The number of aromatic nitrogens is 4. The van der Waals surface area contributed by atoms with Gasteiger partial charge in [0.15, 0.2) is 11.5 Å². The maximum atomic E-state index is 12.4. The topological polar surface area (TPSA) is 93.9 Å². The monoisotopic (exact) mass is 382 g/mol. The quantitative estimate of drug-likeness (QED) is 0.636. The molecule has 4 rings (SSSR count). The van der Waals surface area contributed by atoms with Gasteiger partial charge in [0.25, 0.3) is 5.91 Å². The van der Waals surface area contributed by atoms with Crippen molar-refractivity contribution in [2.45, 2.75) is 0 Å². The van der Waals surface area contributed by atoms with Crippen molar-refractivity contribution in [3.05, 3.63) is 42.6 Å². The van der Waals surface area contributed by atoms with Gasteiger partial charge in [0.05, 0.1) is 25.5 Å². The van der Waals surface area contributed by atoms with Crippen molar-refractivity contribution < 1.29 is 14.3 Å². The van der Waals surface area contributed by atoms with Crippen LogP contribution in [-0.4, -0.2) is 71.8 Å². The van der Waals surface area contributed by atoms with E-state index in [1.807, 2.05) is 22.7 Å². The average Bonchev–Trinajstić information content (AvgIpc) is 3.19. The molecule has 0 aromatic carbocycles. The van der Waals surface area contributed by atoms with Crippen LogP contribution in [0.25, 0.3) is 16.9 Å². The Kier molecular flexibility index (Phi) is 5.45. The predicted molar refractivity (Wildman–Crippen MR) is 103 cm³/mol. The number of fused-ring (bicyclic) bond motifs is 1. The summed E-state index contributed by atoms with van der Waals surface area (Å²) in [5.41, 5.74) is 2.66. The first-order valence-corrected chi connectivity index (χ1v) is 9.16. The first kappa shape index (κ1) is 18.3. The molecule has 1 fully saturated rings. The van der Waals surface area contributed by atoms with Gasteiger partial charge in [-0.25, -0.2) is 9.97 Å². The molecule has 0 unspecified atom stereocenters. The number of rotatable bonds is 6. The maximum absolute atomic E-state index is 12.4. The molecule has 4 heterocycles. The van der Waals surface area contributed by atoms with E-state index in [0.29, 0.717) is 37.7 Å². The van der Waals surface area contributed by atoms with Gasteiger partial charge in [0.1, 0.15) is 5.69 Å². The molecule has 146 valence electrons. The smallest absolute Gasteiger partial charge is 0.271 e. The molecular formula is C19H22N6O3. The van der Waals surface area contributed by atoms with Crippen LogP contribution in [0.5, 0.6) is 0 Å². The lowest BCUT2D eigenvalue weighted by Crippen LogP contribution is -2.37. The highest BCUT2D eigenvalue weighted by Gasteiger charge is 2.21. The third-order valence-electron chi connectivity index (χ3n) is 4.51. The number of imidazole rings is 1. The summed E-state index contributed by atoms with van der Waals surface area (Å²) in [4.78, 5) is 28.1. The van der Waals surface area contributed by atoms with E-state index < -0.39 is 0 Å². The van der Waals surface area contributed by atoms with Gasteiger partial charge in [-0.2, -0.15) is 0 Å². The van der Waals surface area contributed by atoms with Gasteiger partial charge < -0.3 is 24.1 Å². The SMILES string of the molecule is COCCNC(=O)c1cn2cc(-c3cccnc3)nc(N3CCOCC3)c2n1. The third-order valence-corrected chi connectivity index (χ3v) is 4.51. The highest BCUT2D eigenvalue weighted by molar-refractivity contribution is 5.93. The molecule has 1 N–H and O–H groups in total. The first-order valence-electron chi connectivity index (χ1n) is 9.16. The Morgan fingerprint density at radius 1 is 1.29 bits per heavy atom. The van der Waals surface area contributed by atoms with Crippen molar-refractivity contribution in [1.29, 1.82) is 0 Å². The number of morpholine rings is 1. The molecule has 0 saturated carbocycles. The largest absolute Gasteiger partial charge is 0.383 e. The summed E-state index contributed by atoms with van der Waals surface area (Å²) in [6.45, 7) is 3.60. The summed E-state index contributed by atoms with van der Waals surface area (Å²) in [5.74, 6) is 0.497. The minimum absolute atomic E-state index is 0.239. The van der Waals surface area contributed by atoms with Crippen LogP contribution in [-0.2, 0) is 9.47 Å². The number of nitrogens with one attached hydrogen (secondary N) is 1. The van der Waals surface area contributed by atoms with Gasteiger partial charge in [-0.1, -0.05) is 0 Å². The predicted octanol–water partition coefficient (Wildman–Crippen LogP) is 1.00. The van der Waals surface area contributed by atoms with Crippen molar-refractivity contribution in [1.82, 2.24) is 24.7 Å². The molecule has 9 nitrogen and oxygen atoms in total. The van der Waals surface area contributed by atoms with E-state index in [2.05, 4.69) is 20.2 Å². The van der Waals surface area contributed by atoms with Crippen molar-refractivity contribution in [3.8, 4) is 11.3 Å². The van der Waals surface area contributed by atoms with Gasteiger partial charge >= 0.3 is 0 Å². The van der Waals surface area contributed by atoms with Crippen LogP contribution in [0.1, 0.15) is 10.5 Å². The Morgan fingerprint density at radius 2 is 2.14 bits per heavy atom. The van der Waals surface area contributed by atoms with E-state index in [1.165, 1.54) is 0 Å². The van der Waals surface area contributed by atoms with Crippen LogP contribution in [0.15, 0.2) is 36.9 Å². The van der Waals surface area contributed by atoms with Crippen molar-refractivity contribution in [2.24, 2.45) is 0 Å². The molecule has 0 bridgehead atoms. The number of ether oxygens (including phenoxy) is 2. The van der Waals surface area contributed by atoms with Crippen LogP contribution in [0, 0.1) is 0 Å². The molecule has 0 spiro atoms. The highest BCUT2D eigenvalue weighted by atomic mass is 16.5. The van der Waals surface area contributed by atoms with E-state index >= 15 is 0 Å². The standard InChI is InChI=1S/C19H22N6O3/c1-27-8-5-21-19(26)16-13-25-12-15(14-3-2-4-20-11-14)22-17(18(25)23-16)24-6-9-28-10-7-24/h2-4,11-13H,5-10H2,1H3,(H,21,26). The first-order chi connectivity index (χ1) is 13.8. The average molecular weight is 382 g/mol. The van der Waals surface area contributed by atoms with Gasteiger partial charge in [0, 0.05) is 57.1 Å². The Morgan fingerprint density at radius 3 is 2.89 bits per heavy atom. The van der Waals surface area contributed by atoms with Gasteiger partial charge in [-0.15, -0.1) is 0 Å². The number of hydrogen-bond donors (Lipinski definition) is 1. The summed E-state index contributed by atoms with van der Waals surface area (Å²) in [6.07, 6.45) is 7.09. The van der Waals surface area contributed by atoms with E-state index in [9.17, 15) is 4.79 Å². The number of pyridine rings is 1. The molecule has 0 radical (unpaired) electrons. The molecule has 3 aromatic heterocycles. The zero-order valence-electron chi connectivity index (χ0n) is 15.7. The molecule has 1 saturated heterocycles. The lowest BCUT2D eigenvalue weighted by Gasteiger charge is -2.28. The van der Waals surface area contributed by atoms with Crippen LogP contribution >= 0.6 is 0 Å². The number of methoxy groups -OCH3 is 1. The summed E-state index contributed by atoms with van der Waals surface area (Å²) >= 11 is 0. The van der Waals surface area contributed by atoms with E-state index in [4.69, 9.17) is 14.5 Å². The lowest BCUT2D eigenvalue weighted by molar-refractivity contribution is 0.0932. The van der Waals surface area contributed by atoms with Crippen LogP contribution < -0.4 is 10.2 Å². The summed E-state index contributed by atoms with van der Waals surface area (Å²) < 4.78 is 12.3. The molecule has 1 aliphatic rings. The zero-order chi connectivity index (χ0) is 19.3. The molecule has 0 aliphatic carbocycles. The second-order valence-corrected chi connectivity index (χ2v) is 6.40. The van der Waals surface area contributed by atoms with Gasteiger partial charge in [-0.3, -0.25) is 9.78 Å². The van der Waals surface area contributed by atoms with Gasteiger partial charge in [-0.05, 0) is 12.1 Å². The molecular weight excluding hydrogens is 360 g/mol. The van der Waals surface area contributed by atoms with Crippen LogP contribution in [0.3, 0.4) is 0 Å². The number of amides is 1. The lowest BCUT2D eigenvalue weighted by atomic mass is 10.2. The summed E-state index contributed by atoms with van der Waals surface area (Å²) in [7, 11) is 1.59.